The molecule has 2 nitrogen and oxygen atoms in total. The van der Waals surface area contributed by atoms with E-state index in [1.165, 1.54) is 19.2 Å². The first-order chi connectivity index (χ1) is 8.00. The van der Waals surface area contributed by atoms with Gasteiger partial charge in [-0.2, -0.15) is 13.2 Å². The Morgan fingerprint density at radius 3 is 2.53 bits per heavy atom. The highest BCUT2D eigenvalue weighted by atomic mass is 19.4. The fourth-order valence-electron chi connectivity index (χ4n) is 1.92. The van der Waals surface area contributed by atoms with Crippen LogP contribution in [0.1, 0.15) is 11.1 Å². The first-order valence-corrected chi connectivity index (χ1v) is 5.45. The van der Waals surface area contributed by atoms with Crippen LogP contribution in [0.4, 0.5) is 13.2 Å². The van der Waals surface area contributed by atoms with Gasteiger partial charge in [0.1, 0.15) is 5.75 Å². The van der Waals surface area contributed by atoms with E-state index in [1.807, 2.05) is 0 Å². The monoisotopic (exact) mass is 245 g/mol. The minimum absolute atomic E-state index is 0.410. The van der Waals surface area contributed by atoms with Gasteiger partial charge in [-0.1, -0.05) is 0 Å². The average Bonchev–Trinajstić information content (AvgIpc) is 2.22. The molecule has 1 saturated heterocycles. The molecule has 1 aliphatic heterocycles. The zero-order valence-electron chi connectivity index (χ0n) is 9.47. The van der Waals surface area contributed by atoms with Gasteiger partial charge in [0.05, 0.1) is 12.7 Å². The topological polar surface area (TPSA) is 21.3 Å². The zero-order valence-corrected chi connectivity index (χ0v) is 9.47. The minimum Gasteiger partial charge on any atom is -0.496 e. The summed E-state index contributed by atoms with van der Waals surface area (Å²) in [5, 5.41) is 3.10. The summed E-state index contributed by atoms with van der Waals surface area (Å²) < 4.78 is 42.8. The van der Waals surface area contributed by atoms with Gasteiger partial charge in [0, 0.05) is 0 Å². The lowest BCUT2D eigenvalue weighted by Gasteiger charge is -2.27. The second kappa shape index (κ2) is 4.56. The van der Waals surface area contributed by atoms with Crippen molar-refractivity contribution in [3.63, 3.8) is 0 Å². The summed E-state index contributed by atoms with van der Waals surface area (Å²) in [6, 6.07) is 3.64. The molecule has 0 aromatic heterocycles. The van der Waals surface area contributed by atoms with E-state index in [-0.39, 0.29) is 0 Å². The van der Waals surface area contributed by atoms with Gasteiger partial charge in [-0.25, -0.2) is 0 Å². The van der Waals surface area contributed by atoms with Crippen molar-refractivity contribution < 1.29 is 17.9 Å². The highest BCUT2D eigenvalue weighted by Crippen LogP contribution is 2.33. The van der Waals surface area contributed by atoms with E-state index < -0.39 is 11.7 Å². The molecule has 0 bridgehead atoms. The third-order valence-electron chi connectivity index (χ3n) is 2.98. The van der Waals surface area contributed by atoms with Gasteiger partial charge >= 0.3 is 6.18 Å². The largest absolute Gasteiger partial charge is 0.496 e. The number of hydrogen-bond donors (Lipinski definition) is 1. The van der Waals surface area contributed by atoms with Gasteiger partial charge in [-0.3, -0.25) is 0 Å². The molecule has 1 fully saturated rings. The van der Waals surface area contributed by atoms with Crippen LogP contribution in [0, 0.1) is 5.92 Å². The Kier molecular flexibility index (Phi) is 3.28. The quantitative estimate of drug-likeness (QED) is 0.883. The second-order valence-electron chi connectivity index (χ2n) is 4.25. The van der Waals surface area contributed by atoms with Crippen LogP contribution in [-0.4, -0.2) is 20.2 Å². The summed E-state index contributed by atoms with van der Waals surface area (Å²) in [6.45, 7) is 1.72. The number of halogens is 3. The van der Waals surface area contributed by atoms with Gasteiger partial charge in [0.15, 0.2) is 0 Å². The first-order valence-electron chi connectivity index (χ1n) is 5.45. The van der Waals surface area contributed by atoms with Gasteiger partial charge < -0.3 is 10.1 Å². The van der Waals surface area contributed by atoms with E-state index in [4.69, 9.17) is 4.74 Å². The molecule has 1 N–H and O–H groups in total. The summed E-state index contributed by atoms with van der Waals surface area (Å²) in [4.78, 5) is 0. The number of alkyl halides is 3. The Bertz CT molecular complexity index is 399. The van der Waals surface area contributed by atoms with Crippen molar-refractivity contribution in [1.29, 1.82) is 0 Å². The number of benzene rings is 1. The van der Waals surface area contributed by atoms with Crippen molar-refractivity contribution in [1.82, 2.24) is 5.32 Å². The Morgan fingerprint density at radius 2 is 2.06 bits per heavy atom. The van der Waals surface area contributed by atoms with Crippen molar-refractivity contribution in [2.24, 2.45) is 5.92 Å². The smallest absolute Gasteiger partial charge is 0.416 e. The molecule has 0 radical (unpaired) electrons. The molecule has 0 spiro atoms. The van der Waals surface area contributed by atoms with Gasteiger partial charge in [0.2, 0.25) is 0 Å². The van der Waals surface area contributed by atoms with E-state index in [1.54, 1.807) is 0 Å². The summed E-state index contributed by atoms with van der Waals surface area (Å²) >= 11 is 0. The zero-order chi connectivity index (χ0) is 12.5. The summed E-state index contributed by atoms with van der Waals surface area (Å²) in [7, 11) is 1.48. The molecule has 0 unspecified atom stereocenters. The van der Waals surface area contributed by atoms with Crippen molar-refractivity contribution in [2.75, 3.05) is 20.2 Å². The Hall–Kier alpha value is -1.23. The van der Waals surface area contributed by atoms with Crippen molar-refractivity contribution >= 4 is 0 Å². The lowest BCUT2D eigenvalue weighted by atomic mass is 9.93. The van der Waals surface area contributed by atoms with Crippen LogP contribution in [0.3, 0.4) is 0 Å². The highest BCUT2D eigenvalue weighted by Gasteiger charge is 2.31. The predicted molar refractivity (Wildman–Crippen MR) is 58.1 cm³/mol. The Morgan fingerprint density at radius 1 is 1.35 bits per heavy atom. The number of rotatable bonds is 3. The molecule has 0 saturated carbocycles. The van der Waals surface area contributed by atoms with Crippen molar-refractivity contribution in [3.05, 3.63) is 29.3 Å². The van der Waals surface area contributed by atoms with E-state index in [2.05, 4.69) is 5.32 Å². The van der Waals surface area contributed by atoms with Gasteiger partial charge in [0.25, 0.3) is 0 Å². The van der Waals surface area contributed by atoms with Gasteiger partial charge in [-0.05, 0) is 49.2 Å². The summed E-state index contributed by atoms with van der Waals surface area (Å²) in [5.41, 5.74) is 0.0226. The Labute approximate surface area is 97.8 Å². The number of hydrogen-bond acceptors (Lipinski definition) is 2. The van der Waals surface area contributed by atoms with Crippen LogP contribution in [0.5, 0.6) is 5.75 Å². The van der Waals surface area contributed by atoms with Crippen LogP contribution < -0.4 is 10.1 Å². The van der Waals surface area contributed by atoms with E-state index >= 15 is 0 Å². The van der Waals surface area contributed by atoms with Crippen LogP contribution in [0.2, 0.25) is 0 Å². The normalized spacial score (nSPS) is 16.7. The highest BCUT2D eigenvalue weighted by molar-refractivity contribution is 5.38. The standard InChI is InChI=1S/C12H14F3NO/c1-17-11-3-2-10(12(13,14)15)5-9(11)4-8-6-16-7-8/h2-3,5,8,16H,4,6-7H2,1H3. The van der Waals surface area contributed by atoms with Crippen LogP contribution in [0.25, 0.3) is 0 Å². The van der Waals surface area contributed by atoms with Crippen LogP contribution in [0.15, 0.2) is 18.2 Å². The van der Waals surface area contributed by atoms with Crippen LogP contribution >= 0.6 is 0 Å². The summed E-state index contributed by atoms with van der Waals surface area (Å²) in [5.74, 6) is 0.942. The molecular formula is C12H14F3NO. The molecule has 0 aliphatic carbocycles. The molecule has 0 atom stereocenters. The molecule has 1 aromatic rings. The molecule has 1 aliphatic rings. The third kappa shape index (κ3) is 2.72. The second-order valence-corrected chi connectivity index (χ2v) is 4.25. The molecule has 1 aromatic carbocycles. The lowest BCUT2D eigenvalue weighted by Crippen LogP contribution is -2.43. The molecular weight excluding hydrogens is 231 g/mol. The molecule has 94 valence electrons. The van der Waals surface area contributed by atoms with Crippen LogP contribution in [-0.2, 0) is 12.6 Å². The predicted octanol–water partition coefficient (Wildman–Crippen LogP) is 2.48. The fourth-order valence-corrected chi connectivity index (χ4v) is 1.92. The fraction of sp³-hybridized carbons (Fsp3) is 0.500. The van der Waals surface area contributed by atoms with Gasteiger partial charge in [-0.15, -0.1) is 0 Å². The first kappa shape index (κ1) is 12.2. The molecule has 17 heavy (non-hydrogen) atoms. The third-order valence-corrected chi connectivity index (χ3v) is 2.98. The molecule has 5 heteroatoms. The minimum atomic E-state index is -4.29. The van der Waals surface area contributed by atoms with Crippen molar-refractivity contribution in [2.45, 2.75) is 12.6 Å². The summed E-state index contributed by atoms with van der Waals surface area (Å²) in [6.07, 6.45) is -3.67. The maximum atomic E-state index is 12.6. The average molecular weight is 245 g/mol. The number of ether oxygens (including phenoxy) is 1. The maximum absolute atomic E-state index is 12.6. The number of nitrogens with one attached hydrogen (secondary N) is 1. The molecule has 1 heterocycles. The van der Waals surface area contributed by atoms with E-state index in [0.29, 0.717) is 23.7 Å². The Balaban J connectivity index is 2.25. The van der Waals surface area contributed by atoms with E-state index in [0.717, 1.165) is 19.2 Å². The van der Waals surface area contributed by atoms with Crippen molar-refractivity contribution in [3.8, 4) is 5.75 Å². The molecule has 2 rings (SSSR count). The SMILES string of the molecule is COc1ccc(C(F)(F)F)cc1CC1CNC1. The van der Waals surface area contributed by atoms with E-state index in [9.17, 15) is 13.2 Å². The lowest BCUT2D eigenvalue weighted by molar-refractivity contribution is -0.137. The maximum Gasteiger partial charge on any atom is 0.416 e. The number of methoxy groups -OCH3 is 1. The molecule has 0 amide bonds.